The summed E-state index contributed by atoms with van der Waals surface area (Å²) in [6, 6.07) is 13.0. The van der Waals surface area contributed by atoms with Gasteiger partial charge in [-0.3, -0.25) is 4.79 Å². The summed E-state index contributed by atoms with van der Waals surface area (Å²) in [5.41, 5.74) is 0.916. The number of amides is 1. The maximum atomic E-state index is 11.8. The molecule has 94 valence electrons. The monoisotopic (exact) mass is 261 g/mol. The van der Waals surface area contributed by atoms with Crippen molar-refractivity contribution in [2.45, 2.75) is 12.5 Å². The average molecular weight is 261 g/mol. The van der Waals surface area contributed by atoms with Crippen molar-refractivity contribution in [1.82, 2.24) is 5.32 Å². The minimum absolute atomic E-state index is 0.0691. The van der Waals surface area contributed by atoms with Gasteiger partial charge >= 0.3 is 0 Å². The van der Waals surface area contributed by atoms with Crippen LogP contribution in [0.25, 0.3) is 0 Å². The Hall–Kier alpha value is -1.65. The molecule has 2 N–H and O–H groups in total. The van der Waals surface area contributed by atoms with E-state index < -0.39 is 0 Å². The third-order valence-corrected chi connectivity index (χ3v) is 3.51. The molecule has 18 heavy (non-hydrogen) atoms. The number of rotatable bonds is 5. The molecule has 0 spiro atoms. The molecule has 0 aliphatic carbocycles. The third-order valence-electron chi connectivity index (χ3n) is 2.63. The molecular formula is C14H15NO2S. The van der Waals surface area contributed by atoms with Gasteiger partial charge < -0.3 is 10.4 Å². The number of aliphatic hydroxyl groups excluding tert-OH is 1. The van der Waals surface area contributed by atoms with Gasteiger partial charge in [0.1, 0.15) is 0 Å². The largest absolute Gasteiger partial charge is 0.394 e. The van der Waals surface area contributed by atoms with Gasteiger partial charge in [0.15, 0.2) is 0 Å². The summed E-state index contributed by atoms with van der Waals surface area (Å²) in [6.45, 7) is -0.0970. The number of hydrogen-bond acceptors (Lipinski definition) is 3. The van der Waals surface area contributed by atoms with Crippen molar-refractivity contribution in [3.8, 4) is 0 Å². The highest BCUT2D eigenvalue weighted by atomic mass is 32.1. The first-order valence-corrected chi connectivity index (χ1v) is 6.65. The van der Waals surface area contributed by atoms with Gasteiger partial charge in [0.05, 0.1) is 19.1 Å². The predicted octanol–water partition coefficient (Wildman–Crippen LogP) is 2.14. The minimum Gasteiger partial charge on any atom is -0.394 e. The summed E-state index contributed by atoms with van der Waals surface area (Å²) in [5.74, 6) is -0.0691. The fourth-order valence-corrected chi connectivity index (χ4v) is 2.44. The van der Waals surface area contributed by atoms with E-state index in [9.17, 15) is 9.90 Å². The van der Waals surface area contributed by atoms with E-state index in [0.29, 0.717) is 6.42 Å². The first-order valence-electron chi connectivity index (χ1n) is 5.77. The molecule has 0 bridgehead atoms. The second kappa shape index (κ2) is 6.33. The van der Waals surface area contributed by atoms with Crippen molar-refractivity contribution in [1.29, 1.82) is 0 Å². The molecule has 1 heterocycles. The molecule has 0 radical (unpaired) electrons. The Kier molecular flexibility index (Phi) is 4.50. The lowest BCUT2D eigenvalue weighted by molar-refractivity contribution is -0.121. The van der Waals surface area contributed by atoms with Gasteiger partial charge in [-0.15, -0.1) is 11.3 Å². The van der Waals surface area contributed by atoms with Crippen molar-refractivity contribution in [3.05, 3.63) is 58.3 Å². The Morgan fingerprint density at radius 1 is 1.22 bits per heavy atom. The Labute approximate surface area is 110 Å². The zero-order valence-electron chi connectivity index (χ0n) is 9.87. The van der Waals surface area contributed by atoms with Gasteiger partial charge in [-0.05, 0) is 17.0 Å². The number of nitrogens with one attached hydrogen (secondary N) is 1. The van der Waals surface area contributed by atoms with E-state index in [2.05, 4.69) is 5.32 Å². The summed E-state index contributed by atoms with van der Waals surface area (Å²) in [7, 11) is 0. The molecule has 2 aromatic rings. The van der Waals surface area contributed by atoms with Crippen LogP contribution >= 0.6 is 11.3 Å². The molecule has 3 nitrogen and oxygen atoms in total. The smallest absolute Gasteiger partial charge is 0.225 e. The third kappa shape index (κ3) is 3.42. The van der Waals surface area contributed by atoms with Crippen LogP contribution in [0.2, 0.25) is 0 Å². The number of carbonyl (C=O) groups is 1. The molecule has 4 heteroatoms. The second-order valence-corrected chi connectivity index (χ2v) is 5.00. The second-order valence-electron chi connectivity index (χ2n) is 3.97. The van der Waals surface area contributed by atoms with E-state index in [0.717, 1.165) is 10.4 Å². The Bertz CT molecular complexity index is 482. The minimum atomic E-state index is -0.335. The number of carbonyl (C=O) groups excluding carboxylic acids is 1. The van der Waals surface area contributed by atoms with E-state index in [4.69, 9.17) is 0 Å². The fraction of sp³-hybridized carbons (Fsp3) is 0.214. The Morgan fingerprint density at radius 3 is 2.61 bits per heavy atom. The van der Waals surface area contributed by atoms with Crippen LogP contribution in [0, 0.1) is 0 Å². The number of aliphatic hydroxyl groups is 1. The SMILES string of the molecule is O=C(Cc1cccs1)N[C@@H](CO)c1ccccc1. The average Bonchev–Trinajstić information content (AvgIpc) is 2.90. The highest BCUT2D eigenvalue weighted by molar-refractivity contribution is 7.10. The van der Waals surface area contributed by atoms with E-state index in [1.165, 1.54) is 0 Å². The molecule has 1 aromatic heterocycles. The van der Waals surface area contributed by atoms with E-state index in [-0.39, 0.29) is 18.6 Å². The van der Waals surface area contributed by atoms with Crippen LogP contribution in [0.4, 0.5) is 0 Å². The summed E-state index contributed by atoms with van der Waals surface area (Å²) in [4.78, 5) is 12.9. The van der Waals surface area contributed by atoms with Gasteiger partial charge in [0.2, 0.25) is 5.91 Å². The summed E-state index contributed by atoms with van der Waals surface area (Å²) >= 11 is 1.56. The molecule has 0 saturated heterocycles. The van der Waals surface area contributed by atoms with Crippen molar-refractivity contribution in [2.75, 3.05) is 6.61 Å². The Balaban J connectivity index is 1.96. The first kappa shape index (κ1) is 12.8. The molecule has 0 fully saturated rings. The number of benzene rings is 1. The highest BCUT2D eigenvalue weighted by Gasteiger charge is 2.13. The fourth-order valence-electron chi connectivity index (χ4n) is 1.74. The first-order chi connectivity index (χ1) is 8.79. The van der Waals surface area contributed by atoms with Crippen molar-refractivity contribution < 1.29 is 9.90 Å². The predicted molar refractivity (Wildman–Crippen MR) is 72.4 cm³/mol. The molecule has 2 rings (SSSR count). The van der Waals surface area contributed by atoms with Crippen molar-refractivity contribution in [3.63, 3.8) is 0 Å². The summed E-state index contributed by atoms with van der Waals surface area (Å²) in [5, 5.41) is 14.1. The van der Waals surface area contributed by atoms with Crippen LogP contribution in [0.15, 0.2) is 47.8 Å². The molecule has 1 amide bonds. The summed E-state index contributed by atoms with van der Waals surface area (Å²) in [6.07, 6.45) is 0.362. The molecule has 0 unspecified atom stereocenters. The molecular weight excluding hydrogens is 246 g/mol. The van der Waals surface area contributed by atoms with Gasteiger partial charge in [0.25, 0.3) is 0 Å². The Morgan fingerprint density at radius 2 is 2.00 bits per heavy atom. The lowest BCUT2D eigenvalue weighted by Gasteiger charge is -2.16. The molecule has 0 aliphatic heterocycles. The number of hydrogen-bond donors (Lipinski definition) is 2. The van der Waals surface area contributed by atoms with Gasteiger partial charge in [-0.1, -0.05) is 36.4 Å². The topological polar surface area (TPSA) is 49.3 Å². The lowest BCUT2D eigenvalue weighted by Crippen LogP contribution is -2.31. The normalized spacial score (nSPS) is 12.1. The van der Waals surface area contributed by atoms with Gasteiger partial charge in [-0.2, -0.15) is 0 Å². The number of thiophene rings is 1. The quantitative estimate of drug-likeness (QED) is 0.866. The standard InChI is InChI=1S/C14H15NO2S/c16-10-13(11-5-2-1-3-6-11)15-14(17)9-12-7-4-8-18-12/h1-8,13,16H,9-10H2,(H,15,17)/t13-/m0/s1. The molecule has 0 saturated carbocycles. The van der Waals surface area contributed by atoms with Gasteiger partial charge in [0, 0.05) is 4.88 Å². The van der Waals surface area contributed by atoms with Crippen LogP contribution in [-0.4, -0.2) is 17.6 Å². The summed E-state index contributed by atoms with van der Waals surface area (Å²) < 4.78 is 0. The van der Waals surface area contributed by atoms with E-state index >= 15 is 0 Å². The van der Waals surface area contributed by atoms with Crippen LogP contribution < -0.4 is 5.32 Å². The van der Waals surface area contributed by atoms with Gasteiger partial charge in [-0.25, -0.2) is 0 Å². The van der Waals surface area contributed by atoms with Crippen LogP contribution in [0.3, 0.4) is 0 Å². The lowest BCUT2D eigenvalue weighted by atomic mass is 10.1. The zero-order valence-corrected chi connectivity index (χ0v) is 10.7. The van der Waals surface area contributed by atoms with Crippen molar-refractivity contribution >= 4 is 17.2 Å². The highest BCUT2D eigenvalue weighted by Crippen LogP contribution is 2.13. The maximum Gasteiger partial charge on any atom is 0.225 e. The van der Waals surface area contributed by atoms with Crippen LogP contribution in [-0.2, 0) is 11.2 Å². The zero-order chi connectivity index (χ0) is 12.8. The maximum absolute atomic E-state index is 11.8. The van der Waals surface area contributed by atoms with Crippen LogP contribution in [0.5, 0.6) is 0 Å². The van der Waals surface area contributed by atoms with E-state index in [1.807, 2.05) is 47.8 Å². The van der Waals surface area contributed by atoms with E-state index in [1.54, 1.807) is 11.3 Å². The molecule has 1 atom stereocenters. The molecule has 1 aromatic carbocycles. The molecule has 0 aliphatic rings. The van der Waals surface area contributed by atoms with Crippen molar-refractivity contribution in [2.24, 2.45) is 0 Å². The van der Waals surface area contributed by atoms with Crippen LogP contribution in [0.1, 0.15) is 16.5 Å².